The first kappa shape index (κ1) is 52.2. The fourth-order valence-electron chi connectivity index (χ4n) is 11.9. The van der Waals surface area contributed by atoms with E-state index in [0.717, 1.165) is 66.6 Å². The normalized spacial score (nSPS) is 17.0. The third-order valence-corrected chi connectivity index (χ3v) is 21.0. The van der Waals surface area contributed by atoms with Crippen molar-refractivity contribution in [1.29, 1.82) is 21.0 Å². The highest BCUT2D eigenvalue weighted by molar-refractivity contribution is 7.25. The van der Waals surface area contributed by atoms with Gasteiger partial charge in [-0.15, -0.1) is 45.3 Å². The van der Waals surface area contributed by atoms with Gasteiger partial charge in [0.05, 0.1) is 31.2 Å². The molecule has 15 rings (SSSR count). The summed E-state index contributed by atoms with van der Waals surface area (Å²) in [5.74, 6) is -4.87. The summed E-state index contributed by atoms with van der Waals surface area (Å²) in [6.45, 7) is 7.68. The predicted molar refractivity (Wildman–Crippen MR) is 314 cm³/mol. The second kappa shape index (κ2) is 18.2. The Morgan fingerprint density at radius 1 is 0.565 bits per heavy atom. The second-order valence-electron chi connectivity index (χ2n) is 21.3. The first-order valence-electron chi connectivity index (χ1n) is 25.7. The molecule has 22 heteroatoms. The average Bonchev–Trinajstić information content (AvgIpc) is 1.76. The lowest BCUT2D eigenvalue weighted by atomic mass is 9.93. The third-order valence-electron chi connectivity index (χ3n) is 15.7. The minimum atomic E-state index is -1.49. The molecule has 2 aliphatic heterocycles. The number of Topliss-reactive ketones (excluding diaryl/α,β-unsaturated/α-hetero) is 1. The smallest absolute Gasteiger partial charge is 0.214 e. The van der Waals surface area contributed by atoms with E-state index >= 15 is 0 Å². The molecular formula is C63H28F4N8O5S5. The molecular weight excluding hydrogens is 1190 g/mol. The number of benzene rings is 4. The van der Waals surface area contributed by atoms with Gasteiger partial charge >= 0.3 is 0 Å². The fourth-order valence-corrected chi connectivity index (χ4v) is 17.5. The number of thiophene rings is 4. The van der Waals surface area contributed by atoms with Gasteiger partial charge in [0.25, 0.3) is 0 Å². The van der Waals surface area contributed by atoms with Crippen molar-refractivity contribution in [2.75, 3.05) is 0 Å². The summed E-state index contributed by atoms with van der Waals surface area (Å²) in [4.78, 5) is 44.5. The van der Waals surface area contributed by atoms with E-state index in [-0.39, 0.29) is 61.6 Å². The number of carbonyl (C=O) groups is 2. The number of nitriles is 4. The van der Waals surface area contributed by atoms with E-state index in [9.17, 15) is 53.3 Å². The van der Waals surface area contributed by atoms with Crippen LogP contribution in [0.1, 0.15) is 97.8 Å². The number of hydrogen-bond acceptors (Lipinski definition) is 18. The number of rotatable bonds is 4. The summed E-state index contributed by atoms with van der Waals surface area (Å²) >= 11 is 6.48. The highest BCUT2D eigenvalue weighted by Crippen LogP contribution is 2.60. The van der Waals surface area contributed by atoms with Gasteiger partial charge in [-0.25, -0.2) is 27.5 Å². The van der Waals surface area contributed by atoms with Crippen LogP contribution in [0.15, 0.2) is 95.1 Å². The van der Waals surface area contributed by atoms with Crippen molar-refractivity contribution in [2.24, 2.45) is 0 Å². The molecule has 5 aliphatic rings. The van der Waals surface area contributed by atoms with Crippen molar-refractivity contribution in [1.82, 2.24) is 18.7 Å². The summed E-state index contributed by atoms with van der Waals surface area (Å²) in [7, 11) is 0. The average molecular weight is 1210 g/mol. The number of ether oxygens (including phenoxy) is 2. The van der Waals surface area contributed by atoms with Crippen molar-refractivity contribution in [2.45, 2.75) is 45.0 Å². The lowest BCUT2D eigenvalue weighted by molar-refractivity contribution is 0.103. The summed E-state index contributed by atoms with van der Waals surface area (Å²) in [5.41, 5.74) is 3.26. The Hall–Kier alpha value is -9.62. The van der Waals surface area contributed by atoms with E-state index in [0.29, 0.717) is 81.0 Å². The summed E-state index contributed by atoms with van der Waals surface area (Å²) in [6.07, 6.45) is 1.60. The highest BCUT2D eigenvalue weighted by Gasteiger charge is 2.42. The van der Waals surface area contributed by atoms with Crippen molar-refractivity contribution in [3.63, 3.8) is 0 Å². The van der Waals surface area contributed by atoms with Crippen LogP contribution in [0.4, 0.5) is 17.6 Å². The number of nitrogens with zero attached hydrogens (tertiary/aromatic N) is 8. The van der Waals surface area contributed by atoms with Crippen LogP contribution < -0.4 is 9.47 Å². The molecule has 0 fully saturated rings. The maximum absolute atomic E-state index is 14.7. The summed E-state index contributed by atoms with van der Waals surface area (Å²) in [5, 5.41) is 51.5. The van der Waals surface area contributed by atoms with Crippen LogP contribution in [0, 0.1) is 68.6 Å². The molecule has 10 aromatic rings. The molecule has 13 nitrogen and oxygen atoms in total. The van der Waals surface area contributed by atoms with Crippen molar-refractivity contribution >= 4 is 114 Å². The maximum atomic E-state index is 14.7. The van der Waals surface area contributed by atoms with E-state index in [1.54, 1.807) is 42.5 Å². The van der Waals surface area contributed by atoms with Crippen LogP contribution in [0.3, 0.4) is 0 Å². The Balaban J connectivity index is 0.896. The SMILES string of the molecule is CC1(C)Oc2cc(/C=C3\C(=O)c4cc(F)c(F)cc4C3=C(C#N)C#N)sc2-c2sc(-c3c4nsnc4c(-c4cc5c(s4)-c4sc(/C=C6/C(=C(C#N)C#N)c7cc(F)c(F)cc7C6O)cc4OC5(C)C)c4nc5c(nc34)C(=O)c3ccccc3-5)cc21. The van der Waals surface area contributed by atoms with Crippen molar-refractivity contribution in [3.05, 3.63) is 173 Å². The van der Waals surface area contributed by atoms with Crippen LogP contribution in [-0.4, -0.2) is 35.4 Å². The largest absolute Gasteiger partial charge is 0.482 e. The first-order valence-corrected chi connectivity index (χ1v) is 29.6. The number of carbonyl (C=O) groups excluding carboxylic acids is 2. The van der Waals surface area contributed by atoms with E-state index in [2.05, 4.69) is 0 Å². The van der Waals surface area contributed by atoms with Gasteiger partial charge in [-0.2, -0.15) is 29.8 Å². The molecule has 0 bridgehead atoms. The molecule has 0 spiro atoms. The number of allylic oxidation sites excluding steroid dienone is 4. The molecule has 0 saturated carbocycles. The zero-order chi connectivity index (χ0) is 59.0. The van der Waals surface area contributed by atoms with Gasteiger partial charge in [0.15, 0.2) is 29.1 Å². The Labute approximate surface area is 497 Å². The molecule has 8 heterocycles. The summed E-state index contributed by atoms with van der Waals surface area (Å²) in [6, 6.07) is 25.4. The molecule has 85 heavy (non-hydrogen) atoms. The lowest BCUT2D eigenvalue weighted by Gasteiger charge is -2.31. The standard InChI is InChI=1S/C63H28F4N8O5S5/c1-62(2)35-17-43(83-58(35)60-41(79-62)11-25(81-60)9-33-45(23(19-68)20-69)29-13-37(64)39(66)15-31(29)55(33)76)47-50-51(73-54-49(72-50)27-7-5-6-8-28(27)57(54)78)48(53-52(47)74-85-75-53)44-18-36-59(84-44)61-42(80-63(36,3)4)12-26(82-61)10-34-46(24(21-70)22-71)30-14-38(65)40(67)16-32(30)56(34)77/h5-18,55,76H,1-4H3/b33-9-,34-10-. The Bertz CT molecular complexity index is 5180. The minimum Gasteiger partial charge on any atom is -0.482 e. The number of aliphatic hydroxyl groups excluding tert-OH is 1. The van der Waals surface area contributed by atoms with Gasteiger partial charge < -0.3 is 14.6 Å². The number of hydrogen-bond donors (Lipinski definition) is 1. The molecule has 0 amide bonds. The quantitative estimate of drug-likeness (QED) is 0.0986. The number of aliphatic hydroxyl groups is 1. The zero-order valence-corrected chi connectivity index (χ0v) is 48.0. The fraction of sp³-hybridized carbons (Fsp3) is 0.111. The number of ketones is 2. The van der Waals surface area contributed by atoms with Gasteiger partial charge in [0, 0.05) is 75.2 Å². The van der Waals surface area contributed by atoms with Gasteiger partial charge in [-0.05, 0) is 111 Å². The van der Waals surface area contributed by atoms with E-state index in [1.165, 1.54) is 51.4 Å². The number of fused-ring (bicyclic) bond motifs is 13. The Kier molecular flexibility index (Phi) is 11.2. The molecule has 3 aliphatic carbocycles. The van der Waals surface area contributed by atoms with Gasteiger partial charge in [-0.1, -0.05) is 24.3 Å². The van der Waals surface area contributed by atoms with Gasteiger partial charge in [0.2, 0.25) is 5.78 Å². The van der Waals surface area contributed by atoms with E-state index < -0.39 is 51.9 Å². The highest BCUT2D eigenvalue weighted by atomic mass is 32.1. The molecule has 1 atom stereocenters. The maximum Gasteiger partial charge on any atom is 0.214 e. The molecule has 1 unspecified atom stereocenters. The molecule has 0 radical (unpaired) electrons. The van der Waals surface area contributed by atoms with E-state index in [1.807, 2.05) is 64.1 Å². The van der Waals surface area contributed by atoms with Crippen LogP contribution in [0.5, 0.6) is 11.5 Å². The molecule has 0 saturated heterocycles. The van der Waals surface area contributed by atoms with Gasteiger partial charge in [-0.3, -0.25) is 9.59 Å². The topological polar surface area (TPSA) is 220 Å². The Morgan fingerprint density at radius 2 is 1.06 bits per heavy atom. The van der Waals surface area contributed by atoms with Crippen LogP contribution in [0.25, 0.3) is 97.0 Å². The van der Waals surface area contributed by atoms with Crippen molar-refractivity contribution in [3.8, 4) is 87.4 Å². The zero-order valence-electron chi connectivity index (χ0n) is 43.9. The van der Waals surface area contributed by atoms with Crippen LogP contribution in [0.2, 0.25) is 0 Å². The monoisotopic (exact) mass is 1210 g/mol. The summed E-state index contributed by atoms with van der Waals surface area (Å²) < 4.78 is 81.9. The van der Waals surface area contributed by atoms with Crippen molar-refractivity contribution < 1.29 is 41.7 Å². The molecule has 408 valence electrons. The van der Waals surface area contributed by atoms with Gasteiger partial charge in [0.1, 0.15) is 97.7 Å². The number of aromatic nitrogens is 4. The second-order valence-corrected chi connectivity index (χ2v) is 26.1. The van der Waals surface area contributed by atoms with Crippen LogP contribution >= 0.6 is 57.1 Å². The predicted octanol–water partition coefficient (Wildman–Crippen LogP) is 15.6. The molecule has 6 aromatic heterocycles. The molecule has 1 N–H and O–H groups in total. The van der Waals surface area contributed by atoms with E-state index in [4.69, 9.17) is 28.2 Å². The lowest BCUT2D eigenvalue weighted by Crippen LogP contribution is -2.27. The number of halogens is 4. The minimum absolute atomic E-state index is 0.00286. The third kappa shape index (κ3) is 7.41. The van der Waals surface area contributed by atoms with Crippen LogP contribution in [-0.2, 0) is 11.2 Å². The molecule has 4 aromatic carbocycles. The Morgan fingerprint density at radius 3 is 1.62 bits per heavy atom. The first-order chi connectivity index (χ1) is 40.8.